The average molecular weight is 168 g/mol. The highest BCUT2D eigenvalue weighted by Crippen LogP contribution is 2.21. The maximum atomic E-state index is 11.2. The van der Waals surface area contributed by atoms with Crippen LogP contribution in [0.4, 0.5) is 0 Å². The Labute approximate surface area is 65.0 Å². The van der Waals surface area contributed by atoms with Crippen molar-refractivity contribution < 1.29 is 8.42 Å². The Balaban J connectivity index is 2.75. The van der Waals surface area contributed by atoms with Crippen LogP contribution in [-0.2, 0) is 16.3 Å². The van der Waals surface area contributed by atoms with Gasteiger partial charge in [0, 0.05) is 0 Å². The van der Waals surface area contributed by atoms with Gasteiger partial charge in [0.15, 0.2) is 14.9 Å². The van der Waals surface area contributed by atoms with Crippen LogP contribution in [-0.4, -0.2) is 19.2 Å². The van der Waals surface area contributed by atoms with Crippen molar-refractivity contribution in [1.29, 1.82) is 0 Å². The van der Waals surface area contributed by atoms with Crippen LogP contribution in [0.5, 0.6) is 0 Å². The van der Waals surface area contributed by atoms with Crippen molar-refractivity contribution in [2.24, 2.45) is 0 Å². The molecule has 1 aliphatic heterocycles. The molecule has 1 aliphatic rings. The molecule has 0 atom stereocenters. The van der Waals surface area contributed by atoms with Gasteiger partial charge in [0.05, 0.1) is 11.9 Å². The Morgan fingerprint density at radius 2 is 2.36 bits per heavy atom. The quantitative estimate of drug-likeness (QED) is 0.556. The molecule has 0 unspecified atom stereocenters. The maximum Gasteiger partial charge on any atom is 0.196 e. The average Bonchev–Trinajstić information content (AvgIpc) is 2.29. The fraction of sp³-hybridized carbons (Fsp3) is 0.286. The van der Waals surface area contributed by atoms with Crippen molar-refractivity contribution in [3.63, 3.8) is 0 Å². The summed E-state index contributed by atoms with van der Waals surface area (Å²) in [6, 6.07) is 3.40. The minimum Gasteiger partial charge on any atom is -0.234 e. The fourth-order valence-corrected chi connectivity index (χ4v) is 2.62. The van der Waals surface area contributed by atoms with Gasteiger partial charge >= 0.3 is 0 Å². The lowest BCUT2D eigenvalue weighted by atomic mass is 10.2. The topological polar surface area (TPSA) is 47.0 Å². The molecule has 4 heteroatoms. The zero-order chi connectivity index (χ0) is 7.90. The Kier molecular flexibility index (Phi) is 1.26. The molecule has 57 valence electrons. The van der Waals surface area contributed by atoms with Crippen molar-refractivity contribution >= 4 is 9.84 Å². The second-order valence-electron chi connectivity index (χ2n) is 2.47. The fourth-order valence-electron chi connectivity index (χ4n) is 1.18. The minimum atomic E-state index is -3.05. The summed E-state index contributed by atoms with van der Waals surface area (Å²) in [4.78, 5) is 3.70. The van der Waals surface area contributed by atoms with Crippen LogP contribution in [0.2, 0.25) is 0 Å². The molecule has 2 rings (SSSR count). The van der Waals surface area contributed by atoms with E-state index in [9.17, 15) is 8.42 Å². The predicted octanol–water partition coefficient (Wildman–Crippen LogP) is 0.212. The van der Waals surface area contributed by atoms with Crippen molar-refractivity contribution in [3.8, 4) is 0 Å². The highest BCUT2D eigenvalue weighted by Gasteiger charge is 2.26. The normalized spacial score (nSPS) is 19.6. The van der Waals surface area contributed by atoms with Crippen molar-refractivity contribution in [1.82, 2.24) is 4.98 Å². The Bertz CT molecular complexity index is 383. The molecule has 0 fully saturated rings. The molecule has 0 amide bonds. The van der Waals surface area contributed by atoms with E-state index in [1.807, 2.05) is 0 Å². The molecule has 11 heavy (non-hydrogen) atoms. The summed E-state index contributed by atoms with van der Waals surface area (Å²) >= 11 is 0. The number of nitrogens with zero attached hydrogens (tertiary/aromatic N) is 1. The summed E-state index contributed by atoms with van der Waals surface area (Å²) in [7, 11) is -3.05. The Hall–Kier alpha value is -0.900. The monoisotopic (exact) mass is 168 g/mol. The molecule has 1 aromatic heterocycles. The first kappa shape index (κ1) is 6.79. The molecule has 0 saturated heterocycles. The number of fused-ring (bicyclic) bond motifs is 1. The zero-order valence-corrected chi connectivity index (χ0v) is 6.56. The third kappa shape index (κ3) is 0.939. The first-order chi connectivity index (χ1) is 5.20. The van der Waals surface area contributed by atoms with E-state index in [1.165, 1.54) is 0 Å². The largest absolute Gasteiger partial charge is 0.234 e. The standard InChI is InChI=1S/C7H6NO2S/c9-11(10)5-3-6-2-1-4-8-7(6)11/h1-2H,3,5H2. The van der Waals surface area contributed by atoms with E-state index in [0.29, 0.717) is 6.42 Å². The van der Waals surface area contributed by atoms with E-state index in [1.54, 1.807) is 12.1 Å². The molecule has 0 saturated carbocycles. The number of aromatic nitrogens is 1. The van der Waals surface area contributed by atoms with Crippen molar-refractivity contribution in [2.75, 3.05) is 5.75 Å². The summed E-state index contributed by atoms with van der Waals surface area (Å²) in [5.74, 6) is 0.202. The second kappa shape index (κ2) is 2.04. The number of hydrogen-bond donors (Lipinski definition) is 0. The number of rotatable bonds is 0. The number of hydrogen-bond acceptors (Lipinski definition) is 3. The summed E-state index contributed by atoms with van der Waals surface area (Å²) in [6.45, 7) is 0. The molecule has 1 aromatic rings. The molecule has 0 spiro atoms. The van der Waals surface area contributed by atoms with E-state index in [-0.39, 0.29) is 10.8 Å². The van der Waals surface area contributed by atoms with Gasteiger partial charge in [0.1, 0.15) is 0 Å². The summed E-state index contributed by atoms with van der Waals surface area (Å²) in [6.07, 6.45) is 3.12. The molecule has 1 radical (unpaired) electrons. The van der Waals surface area contributed by atoms with Gasteiger partial charge in [0.2, 0.25) is 0 Å². The number of aryl methyl sites for hydroxylation is 1. The lowest BCUT2D eigenvalue weighted by Gasteiger charge is -1.92. The third-order valence-corrected chi connectivity index (χ3v) is 3.42. The Morgan fingerprint density at radius 1 is 1.55 bits per heavy atom. The van der Waals surface area contributed by atoms with Gasteiger partial charge in [0.25, 0.3) is 0 Å². The van der Waals surface area contributed by atoms with E-state index >= 15 is 0 Å². The molecular formula is C7H6NO2S. The van der Waals surface area contributed by atoms with Gasteiger partial charge in [-0.15, -0.1) is 0 Å². The molecule has 0 aromatic carbocycles. The van der Waals surface area contributed by atoms with Crippen LogP contribution < -0.4 is 0 Å². The SMILES string of the molecule is O=S1(=O)CCc2cc[c]nc21. The second-order valence-corrected chi connectivity index (χ2v) is 4.50. The van der Waals surface area contributed by atoms with Crippen LogP contribution in [0.15, 0.2) is 17.2 Å². The molecule has 2 heterocycles. The van der Waals surface area contributed by atoms with Crippen LogP contribution in [0.1, 0.15) is 5.56 Å². The van der Waals surface area contributed by atoms with Gasteiger partial charge < -0.3 is 0 Å². The van der Waals surface area contributed by atoms with Gasteiger partial charge in [-0.25, -0.2) is 13.4 Å². The van der Waals surface area contributed by atoms with Crippen LogP contribution >= 0.6 is 0 Å². The lowest BCUT2D eigenvalue weighted by molar-refractivity contribution is 0.597. The zero-order valence-electron chi connectivity index (χ0n) is 5.74. The van der Waals surface area contributed by atoms with E-state index in [0.717, 1.165) is 5.56 Å². The highest BCUT2D eigenvalue weighted by molar-refractivity contribution is 7.91. The molecular weight excluding hydrogens is 162 g/mol. The van der Waals surface area contributed by atoms with Gasteiger partial charge in [-0.2, -0.15) is 0 Å². The predicted molar refractivity (Wildman–Crippen MR) is 38.8 cm³/mol. The smallest absolute Gasteiger partial charge is 0.196 e. The maximum absolute atomic E-state index is 11.2. The molecule has 0 aliphatic carbocycles. The first-order valence-electron chi connectivity index (χ1n) is 3.29. The van der Waals surface area contributed by atoms with E-state index in [2.05, 4.69) is 11.2 Å². The van der Waals surface area contributed by atoms with Gasteiger partial charge in [-0.3, -0.25) is 0 Å². The first-order valence-corrected chi connectivity index (χ1v) is 4.94. The molecule has 0 N–H and O–H groups in total. The third-order valence-electron chi connectivity index (χ3n) is 1.73. The van der Waals surface area contributed by atoms with Gasteiger partial charge in [-0.05, 0) is 18.1 Å². The summed E-state index contributed by atoms with van der Waals surface area (Å²) in [5.41, 5.74) is 0.823. The number of sulfone groups is 1. The summed E-state index contributed by atoms with van der Waals surface area (Å²) in [5, 5.41) is 0.222. The van der Waals surface area contributed by atoms with Crippen molar-refractivity contribution in [2.45, 2.75) is 11.4 Å². The van der Waals surface area contributed by atoms with E-state index in [4.69, 9.17) is 0 Å². The Morgan fingerprint density at radius 3 is 3.09 bits per heavy atom. The minimum absolute atomic E-state index is 0.202. The highest BCUT2D eigenvalue weighted by atomic mass is 32.2. The van der Waals surface area contributed by atoms with Crippen molar-refractivity contribution in [3.05, 3.63) is 23.9 Å². The van der Waals surface area contributed by atoms with Crippen LogP contribution in [0.25, 0.3) is 0 Å². The van der Waals surface area contributed by atoms with E-state index < -0.39 is 9.84 Å². The summed E-state index contributed by atoms with van der Waals surface area (Å²) < 4.78 is 22.3. The van der Waals surface area contributed by atoms with Crippen LogP contribution in [0.3, 0.4) is 0 Å². The lowest BCUT2D eigenvalue weighted by Crippen LogP contribution is -2.00. The molecule has 3 nitrogen and oxygen atoms in total. The van der Waals surface area contributed by atoms with Gasteiger partial charge in [-0.1, -0.05) is 6.07 Å². The van der Waals surface area contributed by atoms with Crippen LogP contribution in [0, 0.1) is 6.20 Å². The molecule has 0 bridgehead atoms. The number of pyridine rings is 1.